The van der Waals surface area contributed by atoms with Crippen molar-refractivity contribution in [1.82, 2.24) is 9.55 Å². The van der Waals surface area contributed by atoms with Crippen LogP contribution in [0.25, 0.3) is 11.0 Å². The molecule has 1 aromatic heterocycles. The maximum absolute atomic E-state index is 6.04. The maximum atomic E-state index is 6.04. The summed E-state index contributed by atoms with van der Waals surface area (Å²) in [5, 5.41) is 0.763. The van der Waals surface area contributed by atoms with Gasteiger partial charge in [0, 0.05) is 18.0 Å². The quantitative estimate of drug-likeness (QED) is 0.353. The number of para-hydroxylation sites is 2. The van der Waals surface area contributed by atoms with Gasteiger partial charge in [-0.05, 0) is 53.3 Å². The van der Waals surface area contributed by atoms with E-state index >= 15 is 0 Å². The Bertz CT molecular complexity index is 1060. The van der Waals surface area contributed by atoms with Crippen LogP contribution >= 0.6 is 11.6 Å². The Morgan fingerprint density at radius 1 is 0.893 bits per heavy atom. The molecule has 3 aromatic carbocycles. The van der Waals surface area contributed by atoms with E-state index in [4.69, 9.17) is 16.6 Å². The fraction of sp³-hybridized carbons (Fsp3) is 0.240. The molecule has 1 unspecified atom stereocenters. The van der Waals surface area contributed by atoms with Gasteiger partial charge in [-0.25, -0.2) is 4.98 Å². The SMILES string of the molecule is CCC(C)c1ccc(Cn2c(Cc3ccc(Cl)cc3)nc3ccccc32)cc1. The van der Waals surface area contributed by atoms with E-state index in [1.807, 2.05) is 18.2 Å². The highest BCUT2D eigenvalue weighted by Gasteiger charge is 2.12. The molecule has 1 heterocycles. The Balaban J connectivity index is 1.67. The van der Waals surface area contributed by atoms with Crippen LogP contribution in [-0.4, -0.2) is 9.55 Å². The first-order chi connectivity index (χ1) is 13.6. The highest BCUT2D eigenvalue weighted by atomic mass is 35.5. The molecule has 1 atom stereocenters. The third kappa shape index (κ3) is 3.98. The van der Waals surface area contributed by atoms with Crippen molar-refractivity contribution in [1.29, 1.82) is 0 Å². The van der Waals surface area contributed by atoms with Crippen LogP contribution in [0.4, 0.5) is 0 Å². The molecule has 0 spiro atoms. The molecule has 28 heavy (non-hydrogen) atoms. The van der Waals surface area contributed by atoms with Crippen LogP contribution in [0.3, 0.4) is 0 Å². The molecule has 0 amide bonds. The smallest absolute Gasteiger partial charge is 0.114 e. The molecule has 2 nitrogen and oxygen atoms in total. The minimum absolute atomic E-state index is 0.601. The van der Waals surface area contributed by atoms with Crippen LogP contribution in [0.5, 0.6) is 0 Å². The Hall–Kier alpha value is -2.58. The highest BCUT2D eigenvalue weighted by Crippen LogP contribution is 2.23. The lowest BCUT2D eigenvalue weighted by Gasteiger charge is -2.12. The molecule has 0 bridgehead atoms. The maximum Gasteiger partial charge on any atom is 0.114 e. The summed E-state index contributed by atoms with van der Waals surface area (Å²) in [6, 6.07) is 25.4. The van der Waals surface area contributed by atoms with E-state index in [1.54, 1.807) is 0 Å². The lowest BCUT2D eigenvalue weighted by molar-refractivity contribution is 0.729. The average Bonchev–Trinajstić information content (AvgIpc) is 3.07. The first-order valence-electron chi connectivity index (χ1n) is 9.91. The van der Waals surface area contributed by atoms with Gasteiger partial charge in [0.25, 0.3) is 0 Å². The molecular formula is C25H25ClN2. The summed E-state index contributed by atoms with van der Waals surface area (Å²) in [6.45, 7) is 5.34. The Labute approximate surface area is 171 Å². The van der Waals surface area contributed by atoms with Gasteiger partial charge in [-0.1, -0.05) is 74.0 Å². The van der Waals surface area contributed by atoms with Gasteiger partial charge in [-0.3, -0.25) is 0 Å². The zero-order valence-electron chi connectivity index (χ0n) is 16.4. The van der Waals surface area contributed by atoms with Crippen LogP contribution in [0.15, 0.2) is 72.8 Å². The second-order valence-corrected chi connectivity index (χ2v) is 7.89. The van der Waals surface area contributed by atoms with Crippen LogP contribution in [0.2, 0.25) is 5.02 Å². The summed E-state index contributed by atoms with van der Waals surface area (Å²) in [5.74, 6) is 1.68. The van der Waals surface area contributed by atoms with Gasteiger partial charge in [0.15, 0.2) is 0 Å². The Kier molecular flexibility index (Phi) is 5.50. The summed E-state index contributed by atoms with van der Waals surface area (Å²) >= 11 is 6.04. The predicted molar refractivity (Wildman–Crippen MR) is 118 cm³/mol. The summed E-state index contributed by atoms with van der Waals surface area (Å²) in [4.78, 5) is 4.92. The van der Waals surface area contributed by atoms with Crippen molar-refractivity contribution < 1.29 is 0 Å². The molecule has 0 fully saturated rings. The minimum Gasteiger partial charge on any atom is -0.323 e. The number of benzene rings is 3. The van der Waals surface area contributed by atoms with Crippen LogP contribution in [-0.2, 0) is 13.0 Å². The molecule has 0 radical (unpaired) electrons. The minimum atomic E-state index is 0.601. The van der Waals surface area contributed by atoms with Crippen molar-refractivity contribution in [2.45, 2.75) is 39.2 Å². The van der Waals surface area contributed by atoms with E-state index in [-0.39, 0.29) is 0 Å². The Morgan fingerprint density at radius 2 is 1.57 bits per heavy atom. The van der Waals surface area contributed by atoms with Crippen molar-refractivity contribution in [3.8, 4) is 0 Å². The standard InChI is InChI=1S/C25H25ClN2/c1-3-18(2)21-12-8-20(9-13-21)17-28-24-7-5-4-6-23(24)27-25(28)16-19-10-14-22(26)15-11-19/h4-15,18H,3,16-17H2,1-2H3. The molecule has 0 aliphatic rings. The molecule has 4 rings (SSSR count). The van der Waals surface area contributed by atoms with Gasteiger partial charge in [0.05, 0.1) is 11.0 Å². The average molecular weight is 389 g/mol. The number of halogens is 1. The van der Waals surface area contributed by atoms with E-state index in [1.165, 1.54) is 22.2 Å². The number of rotatable bonds is 6. The summed E-state index contributed by atoms with van der Waals surface area (Å²) in [6.07, 6.45) is 1.95. The fourth-order valence-electron chi connectivity index (χ4n) is 3.59. The first kappa shape index (κ1) is 18.8. The van der Waals surface area contributed by atoms with Gasteiger partial charge in [0.2, 0.25) is 0 Å². The molecule has 0 aliphatic heterocycles. The van der Waals surface area contributed by atoms with E-state index in [9.17, 15) is 0 Å². The van der Waals surface area contributed by atoms with Crippen molar-refractivity contribution >= 4 is 22.6 Å². The monoisotopic (exact) mass is 388 g/mol. The van der Waals surface area contributed by atoms with Crippen LogP contribution in [0.1, 0.15) is 48.7 Å². The molecule has 0 saturated carbocycles. The molecular weight excluding hydrogens is 364 g/mol. The van der Waals surface area contributed by atoms with Gasteiger partial charge in [-0.2, -0.15) is 0 Å². The predicted octanol–water partition coefficient (Wildman–Crippen LogP) is 6.84. The Morgan fingerprint density at radius 3 is 2.29 bits per heavy atom. The normalized spacial score (nSPS) is 12.4. The van der Waals surface area contributed by atoms with Crippen LogP contribution in [0, 0.1) is 0 Å². The number of nitrogens with zero attached hydrogens (tertiary/aromatic N) is 2. The van der Waals surface area contributed by atoms with E-state index in [0.717, 1.165) is 35.8 Å². The van der Waals surface area contributed by atoms with E-state index < -0.39 is 0 Å². The first-order valence-corrected chi connectivity index (χ1v) is 10.3. The van der Waals surface area contributed by atoms with E-state index in [2.05, 4.69) is 73.0 Å². The highest BCUT2D eigenvalue weighted by molar-refractivity contribution is 6.30. The van der Waals surface area contributed by atoms with E-state index in [0.29, 0.717) is 5.92 Å². The summed E-state index contributed by atoms with van der Waals surface area (Å²) < 4.78 is 2.34. The van der Waals surface area contributed by atoms with Gasteiger partial charge >= 0.3 is 0 Å². The van der Waals surface area contributed by atoms with Gasteiger partial charge in [-0.15, -0.1) is 0 Å². The third-order valence-electron chi connectivity index (χ3n) is 5.51. The zero-order chi connectivity index (χ0) is 19.5. The largest absolute Gasteiger partial charge is 0.323 e. The zero-order valence-corrected chi connectivity index (χ0v) is 17.2. The van der Waals surface area contributed by atoms with Crippen molar-refractivity contribution in [3.63, 3.8) is 0 Å². The molecule has 3 heteroatoms. The molecule has 0 saturated heterocycles. The number of hydrogen-bond acceptors (Lipinski definition) is 1. The van der Waals surface area contributed by atoms with Crippen molar-refractivity contribution in [2.24, 2.45) is 0 Å². The lowest BCUT2D eigenvalue weighted by atomic mass is 9.97. The fourth-order valence-corrected chi connectivity index (χ4v) is 3.72. The van der Waals surface area contributed by atoms with Gasteiger partial charge in [0.1, 0.15) is 5.82 Å². The number of fused-ring (bicyclic) bond motifs is 1. The van der Waals surface area contributed by atoms with Crippen LogP contribution < -0.4 is 0 Å². The van der Waals surface area contributed by atoms with Gasteiger partial charge < -0.3 is 4.57 Å². The number of hydrogen-bond donors (Lipinski definition) is 0. The number of imidazole rings is 1. The lowest BCUT2D eigenvalue weighted by Crippen LogP contribution is -2.06. The number of aromatic nitrogens is 2. The third-order valence-corrected chi connectivity index (χ3v) is 5.76. The topological polar surface area (TPSA) is 17.8 Å². The molecule has 142 valence electrons. The van der Waals surface area contributed by atoms with Crippen molar-refractivity contribution in [3.05, 3.63) is 100 Å². The second-order valence-electron chi connectivity index (χ2n) is 7.46. The second kappa shape index (κ2) is 8.20. The molecule has 0 N–H and O–H groups in total. The van der Waals surface area contributed by atoms with Crippen molar-refractivity contribution in [2.75, 3.05) is 0 Å². The molecule has 0 aliphatic carbocycles. The molecule has 4 aromatic rings. The summed E-state index contributed by atoms with van der Waals surface area (Å²) in [5.41, 5.74) is 6.14. The summed E-state index contributed by atoms with van der Waals surface area (Å²) in [7, 11) is 0.